The average molecular weight is 417 g/mol. The maximum atomic E-state index is 12.4. The lowest BCUT2D eigenvalue weighted by Crippen LogP contribution is -2.31. The molecule has 3 rings (SSSR count). The second kappa shape index (κ2) is 8.42. The van der Waals surface area contributed by atoms with Gasteiger partial charge >= 0.3 is 5.97 Å². The maximum absolute atomic E-state index is 12.4. The molecule has 0 saturated carbocycles. The van der Waals surface area contributed by atoms with Gasteiger partial charge in [0.15, 0.2) is 6.61 Å². The molecule has 0 spiro atoms. The van der Waals surface area contributed by atoms with E-state index in [9.17, 15) is 9.59 Å². The van der Waals surface area contributed by atoms with E-state index in [0.717, 1.165) is 21.6 Å². The standard InChI is InChI=1S/C19H17ClN4O3S/c1-12-13-10-16(19(26)27-11-17(25)23(2)9-5-8-21)28-18(13)24(22-12)15-7-4-3-6-14(15)20/h3-4,6-7,10H,5,9,11H2,1-2H3. The number of carbonyl (C=O) groups excluding carboxylic acids is 2. The van der Waals surface area contributed by atoms with Gasteiger partial charge in [0.25, 0.3) is 5.91 Å². The van der Waals surface area contributed by atoms with Crippen LogP contribution < -0.4 is 0 Å². The molecule has 7 nitrogen and oxygen atoms in total. The predicted octanol–water partition coefficient (Wildman–Crippen LogP) is 3.58. The first-order valence-corrected chi connectivity index (χ1v) is 9.64. The summed E-state index contributed by atoms with van der Waals surface area (Å²) in [4.78, 5) is 26.9. The number of aryl methyl sites for hydroxylation is 1. The minimum Gasteiger partial charge on any atom is -0.451 e. The van der Waals surface area contributed by atoms with Gasteiger partial charge in [-0.2, -0.15) is 10.4 Å². The fourth-order valence-electron chi connectivity index (χ4n) is 2.59. The van der Waals surface area contributed by atoms with Crippen molar-refractivity contribution in [1.82, 2.24) is 14.7 Å². The van der Waals surface area contributed by atoms with Gasteiger partial charge in [-0.25, -0.2) is 9.48 Å². The van der Waals surface area contributed by atoms with E-state index in [1.54, 1.807) is 23.9 Å². The van der Waals surface area contributed by atoms with E-state index < -0.39 is 5.97 Å². The lowest BCUT2D eigenvalue weighted by atomic mass is 10.3. The summed E-state index contributed by atoms with van der Waals surface area (Å²) in [6.45, 7) is 1.78. The van der Waals surface area contributed by atoms with Crippen molar-refractivity contribution in [2.75, 3.05) is 20.2 Å². The Kier molecular flexibility index (Phi) is 5.97. The number of rotatable bonds is 6. The van der Waals surface area contributed by atoms with E-state index in [2.05, 4.69) is 5.10 Å². The van der Waals surface area contributed by atoms with Crippen LogP contribution in [0.5, 0.6) is 0 Å². The number of amides is 1. The van der Waals surface area contributed by atoms with Gasteiger partial charge in [0, 0.05) is 19.0 Å². The van der Waals surface area contributed by atoms with Gasteiger partial charge in [0.2, 0.25) is 0 Å². The molecule has 1 aromatic carbocycles. The molecule has 0 bridgehead atoms. The van der Waals surface area contributed by atoms with E-state index in [4.69, 9.17) is 21.6 Å². The zero-order chi connectivity index (χ0) is 20.3. The van der Waals surface area contributed by atoms with Gasteiger partial charge in [-0.15, -0.1) is 11.3 Å². The van der Waals surface area contributed by atoms with Gasteiger partial charge in [0.05, 0.1) is 28.9 Å². The maximum Gasteiger partial charge on any atom is 0.348 e. The third-order valence-electron chi connectivity index (χ3n) is 4.14. The van der Waals surface area contributed by atoms with Crippen molar-refractivity contribution >= 4 is 45.0 Å². The number of nitrogens with zero attached hydrogens (tertiary/aromatic N) is 4. The summed E-state index contributed by atoms with van der Waals surface area (Å²) < 4.78 is 6.84. The molecule has 9 heteroatoms. The Morgan fingerprint density at radius 2 is 2.14 bits per heavy atom. The summed E-state index contributed by atoms with van der Waals surface area (Å²) >= 11 is 7.51. The summed E-state index contributed by atoms with van der Waals surface area (Å²) in [7, 11) is 1.56. The number of thiophene rings is 1. The molecule has 144 valence electrons. The second-order valence-electron chi connectivity index (χ2n) is 6.08. The molecular formula is C19H17ClN4O3S. The van der Waals surface area contributed by atoms with Gasteiger partial charge in [-0.05, 0) is 25.1 Å². The molecule has 0 aliphatic rings. The molecule has 1 amide bonds. The molecule has 0 radical (unpaired) electrons. The van der Waals surface area contributed by atoms with Crippen molar-refractivity contribution in [3.8, 4) is 11.8 Å². The second-order valence-corrected chi connectivity index (χ2v) is 7.52. The number of halogens is 1. The summed E-state index contributed by atoms with van der Waals surface area (Å²) in [5.74, 6) is -0.934. The summed E-state index contributed by atoms with van der Waals surface area (Å²) in [6.07, 6.45) is 0.227. The minimum absolute atomic E-state index is 0.227. The Hall–Kier alpha value is -2.89. The first-order valence-electron chi connectivity index (χ1n) is 8.44. The van der Waals surface area contributed by atoms with Crippen LogP contribution in [0.25, 0.3) is 15.9 Å². The number of hydrogen-bond acceptors (Lipinski definition) is 6. The molecular weight excluding hydrogens is 400 g/mol. The molecule has 28 heavy (non-hydrogen) atoms. The van der Waals surface area contributed by atoms with Crippen LogP contribution in [0.2, 0.25) is 5.02 Å². The number of hydrogen-bond donors (Lipinski definition) is 0. The summed E-state index contributed by atoms with van der Waals surface area (Å²) in [5, 5.41) is 14.5. The number of para-hydroxylation sites is 1. The lowest BCUT2D eigenvalue weighted by molar-refractivity contribution is -0.133. The molecule has 0 atom stereocenters. The average Bonchev–Trinajstić information content (AvgIpc) is 3.25. The molecule has 0 aliphatic carbocycles. The van der Waals surface area contributed by atoms with E-state index in [0.29, 0.717) is 16.4 Å². The van der Waals surface area contributed by atoms with E-state index in [1.165, 1.54) is 16.2 Å². The molecule has 3 aromatic rings. The Balaban J connectivity index is 1.79. The fraction of sp³-hybridized carbons (Fsp3) is 0.263. The van der Waals surface area contributed by atoms with Crippen LogP contribution >= 0.6 is 22.9 Å². The van der Waals surface area contributed by atoms with E-state index in [-0.39, 0.29) is 18.9 Å². The summed E-state index contributed by atoms with van der Waals surface area (Å²) in [6, 6.07) is 11.0. The van der Waals surface area contributed by atoms with Gasteiger partial charge < -0.3 is 9.64 Å². The molecule has 0 fully saturated rings. The predicted molar refractivity (Wildman–Crippen MR) is 107 cm³/mol. The first-order chi connectivity index (χ1) is 13.4. The highest BCUT2D eigenvalue weighted by atomic mass is 35.5. The molecule has 0 aliphatic heterocycles. The van der Waals surface area contributed by atoms with Crippen molar-refractivity contribution in [1.29, 1.82) is 5.26 Å². The normalized spacial score (nSPS) is 10.6. The van der Waals surface area contributed by atoms with Crippen LogP contribution in [-0.2, 0) is 9.53 Å². The third-order valence-corrected chi connectivity index (χ3v) is 5.55. The number of carbonyl (C=O) groups is 2. The van der Waals surface area contributed by atoms with Crippen molar-refractivity contribution in [3.05, 3.63) is 45.9 Å². The topological polar surface area (TPSA) is 88.2 Å². The van der Waals surface area contributed by atoms with Crippen LogP contribution in [0, 0.1) is 18.3 Å². The number of likely N-dealkylation sites (N-methyl/N-ethyl adjacent to an activating group) is 1. The molecule has 2 aromatic heterocycles. The van der Waals surface area contributed by atoms with E-state index >= 15 is 0 Å². The van der Waals surface area contributed by atoms with Crippen LogP contribution in [0.3, 0.4) is 0 Å². The van der Waals surface area contributed by atoms with E-state index in [1.807, 2.05) is 31.2 Å². The first kappa shape index (κ1) is 19.9. The zero-order valence-electron chi connectivity index (χ0n) is 15.3. The number of fused-ring (bicyclic) bond motifs is 1. The molecule has 0 N–H and O–H groups in total. The van der Waals surface area contributed by atoms with Crippen molar-refractivity contribution in [2.45, 2.75) is 13.3 Å². The van der Waals surface area contributed by atoms with Crippen LogP contribution in [0.4, 0.5) is 0 Å². The number of ether oxygens (including phenoxy) is 1. The number of benzene rings is 1. The minimum atomic E-state index is -0.576. The van der Waals surface area contributed by atoms with Gasteiger partial charge in [0.1, 0.15) is 9.71 Å². The highest BCUT2D eigenvalue weighted by Gasteiger charge is 2.20. The smallest absolute Gasteiger partial charge is 0.348 e. The Morgan fingerprint density at radius 3 is 2.86 bits per heavy atom. The third kappa shape index (κ3) is 4.01. The SMILES string of the molecule is Cc1nn(-c2ccccc2Cl)c2sc(C(=O)OCC(=O)N(C)CCC#N)cc12. The van der Waals surface area contributed by atoms with Gasteiger partial charge in [-0.3, -0.25) is 4.79 Å². The van der Waals surface area contributed by atoms with Crippen LogP contribution in [0.15, 0.2) is 30.3 Å². The molecule has 2 heterocycles. The Morgan fingerprint density at radius 1 is 1.39 bits per heavy atom. The number of aromatic nitrogens is 2. The molecule has 0 saturated heterocycles. The fourth-order valence-corrected chi connectivity index (χ4v) is 3.87. The van der Waals surface area contributed by atoms with Crippen molar-refractivity contribution < 1.29 is 14.3 Å². The number of esters is 1. The Bertz CT molecular complexity index is 1080. The highest BCUT2D eigenvalue weighted by Crippen LogP contribution is 2.32. The van der Waals surface area contributed by atoms with Gasteiger partial charge in [-0.1, -0.05) is 23.7 Å². The largest absolute Gasteiger partial charge is 0.451 e. The Labute approximate surface area is 170 Å². The van der Waals surface area contributed by atoms with Crippen molar-refractivity contribution in [2.24, 2.45) is 0 Å². The zero-order valence-corrected chi connectivity index (χ0v) is 16.9. The lowest BCUT2D eigenvalue weighted by Gasteiger charge is -2.14. The number of nitriles is 1. The summed E-state index contributed by atoms with van der Waals surface area (Å²) in [5.41, 5.74) is 1.48. The van der Waals surface area contributed by atoms with Crippen molar-refractivity contribution in [3.63, 3.8) is 0 Å². The van der Waals surface area contributed by atoms with Crippen LogP contribution in [0.1, 0.15) is 21.8 Å². The van der Waals surface area contributed by atoms with Crippen LogP contribution in [-0.4, -0.2) is 46.8 Å². The monoisotopic (exact) mass is 416 g/mol. The highest BCUT2D eigenvalue weighted by molar-refractivity contribution is 7.20. The molecule has 0 unspecified atom stereocenters. The quantitative estimate of drug-likeness (QED) is 0.573.